The van der Waals surface area contributed by atoms with E-state index in [1.807, 2.05) is 48.5 Å². The van der Waals surface area contributed by atoms with Gasteiger partial charge in [-0.1, -0.05) is 47.6 Å². The maximum Gasteiger partial charge on any atom is 0.143 e. The lowest BCUT2D eigenvalue weighted by atomic mass is 9.99. The van der Waals surface area contributed by atoms with Crippen LogP contribution in [0.4, 0.5) is 0 Å². The number of hydrogen-bond acceptors (Lipinski definition) is 4. The van der Waals surface area contributed by atoms with E-state index in [2.05, 4.69) is 20.1 Å². The zero-order chi connectivity index (χ0) is 16.1. The third-order valence-corrected chi connectivity index (χ3v) is 4.56. The summed E-state index contributed by atoms with van der Waals surface area (Å²) in [6.45, 7) is 0. The lowest BCUT2D eigenvalue weighted by molar-refractivity contribution is 0.892. The van der Waals surface area contributed by atoms with Crippen LogP contribution in [0.15, 0.2) is 66.1 Å². The Kier molecular flexibility index (Phi) is 2.64. The van der Waals surface area contributed by atoms with Gasteiger partial charge in [-0.3, -0.25) is 4.98 Å². The number of fused-ring (bicyclic) bond motifs is 4. The molecule has 0 aliphatic heterocycles. The van der Waals surface area contributed by atoms with E-state index in [0.29, 0.717) is 0 Å². The Hall–Kier alpha value is -3.34. The van der Waals surface area contributed by atoms with Crippen molar-refractivity contribution in [2.45, 2.75) is 6.04 Å². The molecule has 1 aliphatic carbocycles. The van der Waals surface area contributed by atoms with Gasteiger partial charge in [0.15, 0.2) is 0 Å². The van der Waals surface area contributed by atoms with Crippen molar-refractivity contribution in [1.82, 2.24) is 15.0 Å². The number of rotatable bonds is 2. The summed E-state index contributed by atoms with van der Waals surface area (Å²) in [7, 11) is 0. The molecule has 0 amide bonds. The van der Waals surface area contributed by atoms with Gasteiger partial charge in [0.05, 0.1) is 17.2 Å². The van der Waals surface area contributed by atoms with Gasteiger partial charge in [-0.25, -0.2) is 4.98 Å². The molecule has 5 nitrogen and oxygen atoms in total. The van der Waals surface area contributed by atoms with E-state index in [1.54, 1.807) is 12.4 Å². The van der Waals surface area contributed by atoms with E-state index < -0.39 is 6.04 Å². The predicted octanol–water partition coefficient (Wildman–Crippen LogP) is 4.46. The molecule has 0 bridgehead atoms. The van der Waals surface area contributed by atoms with Gasteiger partial charge in [-0.2, -0.15) is 0 Å². The number of pyridine rings is 1. The summed E-state index contributed by atoms with van der Waals surface area (Å²) in [4.78, 5) is 23.6. The largest absolute Gasteiger partial charge is 0.337 e. The van der Waals surface area contributed by atoms with Crippen molar-refractivity contribution in [1.29, 1.82) is 0 Å². The van der Waals surface area contributed by atoms with Crippen LogP contribution in [-0.4, -0.2) is 15.0 Å². The minimum atomic E-state index is -0.456. The maximum atomic E-state index is 11.4. The van der Waals surface area contributed by atoms with Crippen LogP contribution >= 0.6 is 0 Å². The first-order valence-electron chi connectivity index (χ1n) is 7.71. The van der Waals surface area contributed by atoms with Gasteiger partial charge in [0.2, 0.25) is 0 Å². The highest BCUT2D eigenvalue weighted by Gasteiger charge is 2.31. The molecule has 0 radical (unpaired) electrons. The Bertz CT molecular complexity index is 1070. The zero-order valence-electron chi connectivity index (χ0n) is 12.6. The average molecular weight is 312 g/mol. The molecular weight excluding hydrogens is 300 g/mol. The first-order chi connectivity index (χ1) is 11.9. The van der Waals surface area contributed by atoms with Gasteiger partial charge in [-0.15, -0.1) is 4.91 Å². The highest BCUT2D eigenvalue weighted by atomic mass is 16.3. The van der Waals surface area contributed by atoms with Crippen LogP contribution in [0.25, 0.3) is 33.5 Å². The molecule has 4 aromatic rings. The highest BCUT2D eigenvalue weighted by Crippen LogP contribution is 2.48. The number of aromatic nitrogens is 3. The van der Waals surface area contributed by atoms with Crippen LogP contribution in [0.5, 0.6) is 0 Å². The van der Waals surface area contributed by atoms with E-state index in [0.717, 1.165) is 44.7 Å². The predicted molar refractivity (Wildman–Crippen MR) is 92.4 cm³/mol. The molecular formula is C19H12N4O. The molecule has 1 atom stereocenters. The van der Waals surface area contributed by atoms with Crippen LogP contribution in [0.3, 0.4) is 0 Å². The van der Waals surface area contributed by atoms with E-state index >= 15 is 0 Å². The molecule has 5 heteroatoms. The first-order valence-corrected chi connectivity index (χ1v) is 7.71. The summed E-state index contributed by atoms with van der Waals surface area (Å²) in [6, 6.07) is 15.3. The van der Waals surface area contributed by atoms with E-state index in [9.17, 15) is 4.91 Å². The van der Waals surface area contributed by atoms with Crippen LogP contribution < -0.4 is 0 Å². The Balaban J connectivity index is 1.82. The Morgan fingerprint density at radius 3 is 2.67 bits per heavy atom. The molecule has 0 fully saturated rings. The Morgan fingerprint density at radius 2 is 1.79 bits per heavy atom. The van der Waals surface area contributed by atoms with Crippen LogP contribution in [0.1, 0.15) is 17.2 Å². The monoisotopic (exact) mass is 312 g/mol. The van der Waals surface area contributed by atoms with Crippen LogP contribution in [-0.2, 0) is 0 Å². The highest BCUT2D eigenvalue weighted by molar-refractivity contribution is 5.91. The number of hydrogen-bond donors (Lipinski definition) is 1. The fraction of sp³-hybridized carbons (Fsp3) is 0.0526. The van der Waals surface area contributed by atoms with E-state index in [-0.39, 0.29) is 0 Å². The molecule has 0 spiro atoms. The minimum absolute atomic E-state index is 0.456. The number of nitroso groups, excluding NO2 is 1. The molecule has 1 unspecified atom stereocenters. The van der Waals surface area contributed by atoms with Crippen LogP contribution in [0.2, 0.25) is 0 Å². The molecule has 2 aromatic heterocycles. The van der Waals surface area contributed by atoms with E-state index in [1.165, 1.54) is 0 Å². The second-order valence-corrected chi connectivity index (χ2v) is 5.84. The quantitative estimate of drug-likeness (QED) is 0.555. The number of nitrogens with zero attached hydrogens (tertiary/aromatic N) is 3. The molecule has 1 N–H and O–H groups in total. The van der Waals surface area contributed by atoms with Crippen molar-refractivity contribution in [2.24, 2.45) is 5.18 Å². The number of H-pyrrole nitrogens is 1. The smallest absolute Gasteiger partial charge is 0.143 e. The number of nitrogens with one attached hydrogen (secondary N) is 1. The van der Waals surface area contributed by atoms with Crippen molar-refractivity contribution in [3.8, 4) is 22.5 Å². The summed E-state index contributed by atoms with van der Waals surface area (Å²) in [5.74, 6) is 0.774. The fourth-order valence-corrected chi connectivity index (χ4v) is 3.52. The summed E-state index contributed by atoms with van der Waals surface area (Å²) in [5.41, 5.74) is 6.70. The summed E-state index contributed by atoms with van der Waals surface area (Å²) in [5, 5.41) is 3.36. The van der Waals surface area contributed by atoms with Crippen molar-refractivity contribution in [3.63, 3.8) is 0 Å². The number of imidazole rings is 1. The van der Waals surface area contributed by atoms with Crippen LogP contribution in [0, 0.1) is 4.91 Å². The molecule has 0 saturated heterocycles. The molecule has 24 heavy (non-hydrogen) atoms. The standard InChI is InChI=1S/C19H12N4O/c24-23-18-12-5-2-1-4-11(12)17-13(18)6-3-7-14(17)19-21-15-8-9-20-10-16(15)22-19/h1-10,18H,(H,21,22). The fourth-order valence-electron chi connectivity index (χ4n) is 3.52. The molecule has 0 saturated carbocycles. The molecule has 2 aromatic carbocycles. The van der Waals surface area contributed by atoms with E-state index in [4.69, 9.17) is 0 Å². The van der Waals surface area contributed by atoms with Gasteiger partial charge in [0.1, 0.15) is 11.9 Å². The normalized spacial score (nSPS) is 15.2. The molecule has 2 heterocycles. The average Bonchev–Trinajstić information content (AvgIpc) is 3.20. The minimum Gasteiger partial charge on any atom is -0.337 e. The molecule has 114 valence electrons. The molecule has 5 rings (SSSR count). The second kappa shape index (κ2) is 4.83. The third-order valence-electron chi connectivity index (χ3n) is 4.56. The molecule has 1 aliphatic rings. The summed E-state index contributed by atoms with van der Waals surface area (Å²) < 4.78 is 0. The topological polar surface area (TPSA) is 71.0 Å². The number of aromatic amines is 1. The lowest BCUT2D eigenvalue weighted by Gasteiger charge is -2.07. The Morgan fingerprint density at radius 1 is 0.958 bits per heavy atom. The van der Waals surface area contributed by atoms with Gasteiger partial charge in [0.25, 0.3) is 0 Å². The lowest BCUT2D eigenvalue weighted by Crippen LogP contribution is -1.91. The van der Waals surface area contributed by atoms with Crippen molar-refractivity contribution < 1.29 is 0 Å². The number of benzene rings is 2. The van der Waals surface area contributed by atoms with Crippen molar-refractivity contribution in [2.75, 3.05) is 0 Å². The van der Waals surface area contributed by atoms with Crippen molar-refractivity contribution in [3.05, 3.63) is 77.0 Å². The third kappa shape index (κ3) is 1.69. The first kappa shape index (κ1) is 13.1. The maximum absolute atomic E-state index is 11.4. The van der Waals surface area contributed by atoms with Gasteiger partial charge in [0, 0.05) is 11.8 Å². The summed E-state index contributed by atoms with van der Waals surface area (Å²) in [6.07, 6.45) is 3.49. The van der Waals surface area contributed by atoms with Gasteiger partial charge < -0.3 is 4.98 Å². The van der Waals surface area contributed by atoms with Crippen molar-refractivity contribution >= 4 is 11.0 Å². The Labute approximate surface area is 137 Å². The SMILES string of the molecule is O=NC1c2ccccc2-c2c(-c3nc4ccncc4[nH]3)cccc21. The van der Waals surface area contributed by atoms with Gasteiger partial charge >= 0.3 is 0 Å². The summed E-state index contributed by atoms with van der Waals surface area (Å²) >= 11 is 0. The zero-order valence-corrected chi connectivity index (χ0v) is 12.6. The second-order valence-electron chi connectivity index (χ2n) is 5.84. The van der Waals surface area contributed by atoms with Gasteiger partial charge in [-0.05, 0) is 28.3 Å².